The molecule has 0 bridgehead atoms. The molecule has 1 heterocycles. The van der Waals surface area contributed by atoms with Gasteiger partial charge in [-0.15, -0.1) is 0 Å². The van der Waals surface area contributed by atoms with Gasteiger partial charge in [-0.25, -0.2) is 0 Å². The molecular formula is C17H22N2O2. The Hall–Kier alpha value is -1.91. The van der Waals surface area contributed by atoms with Gasteiger partial charge in [-0.05, 0) is 18.6 Å². The molecule has 0 spiro atoms. The average Bonchev–Trinajstić information content (AvgIpc) is 2.52. The quantitative estimate of drug-likeness (QED) is 0.758. The van der Waals surface area contributed by atoms with Crippen molar-refractivity contribution in [2.24, 2.45) is 0 Å². The normalized spacial score (nSPS) is 10.6. The zero-order valence-corrected chi connectivity index (χ0v) is 12.6. The first kappa shape index (κ1) is 15.5. The Balaban J connectivity index is 2.00. The summed E-state index contributed by atoms with van der Waals surface area (Å²) in [6, 6.07) is 10.1. The third kappa shape index (κ3) is 4.85. The van der Waals surface area contributed by atoms with Crippen LogP contribution in [0, 0.1) is 6.92 Å². The summed E-state index contributed by atoms with van der Waals surface area (Å²) in [5, 5.41) is 3.35. The number of aryl methyl sites for hydroxylation is 1. The van der Waals surface area contributed by atoms with E-state index in [1.165, 1.54) is 0 Å². The lowest BCUT2D eigenvalue weighted by atomic mass is 10.1. The van der Waals surface area contributed by atoms with E-state index in [-0.39, 0.29) is 0 Å². The molecule has 0 radical (unpaired) electrons. The van der Waals surface area contributed by atoms with Gasteiger partial charge in [-0.2, -0.15) is 0 Å². The van der Waals surface area contributed by atoms with Crippen molar-refractivity contribution in [2.75, 3.05) is 20.3 Å². The van der Waals surface area contributed by atoms with Crippen molar-refractivity contribution in [3.05, 3.63) is 59.4 Å². The summed E-state index contributed by atoms with van der Waals surface area (Å²) in [4.78, 5) is 4.11. The van der Waals surface area contributed by atoms with Crippen LogP contribution < -0.4 is 10.1 Å². The maximum absolute atomic E-state index is 6.00. The molecule has 0 saturated heterocycles. The Morgan fingerprint density at radius 1 is 1.19 bits per heavy atom. The number of hydrogen-bond acceptors (Lipinski definition) is 4. The standard InChI is InChI=1S/C17H22N2O2/c1-14-5-3-7-16(12-19-9-10-20-2)17(14)21-13-15-6-4-8-18-11-15/h3-8,11,19H,9-10,12-13H2,1-2H3. The monoisotopic (exact) mass is 286 g/mol. The lowest BCUT2D eigenvalue weighted by Crippen LogP contribution is -2.19. The summed E-state index contributed by atoms with van der Waals surface area (Å²) >= 11 is 0. The average molecular weight is 286 g/mol. The number of nitrogens with one attached hydrogen (secondary N) is 1. The Labute approximate surface area is 126 Å². The van der Waals surface area contributed by atoms with E-state index in [1.54, 1.807) is 13.3 Å². The molecule has 0 saturated carbocycles. The van der Waals surface area contributed by atoms with Crippen LogP contribution in [0.5, 0.6) is 5.75 Å². The summed E-state index contributed by atoms with van der Waals surface area (Å²) < 4.78 is 11.0. The second kappa shape index (κ2) is 8.39. The predicted octanol–water partition coefficient (Wildman–Crippen LogP) is 2.71. The third-order valence-electron chi connectivity index (χ3n) is 3.20. The number of para-hydroxylation sites is 1. The number of hydrogen-bond donors (Lipinski definition) is 1. The lowest BCUT2D eigenvalue weighted by molar-refractivity contribution is 0.199. The zero-order valence-electron chi connectivity index (χ0n) is 12.6. The Morgan fingerprint density at radius 3 is 2.86 bits per heavy atom. The molecule has 0 unspecified atom stereocenters. The molecule has 1 aromatic carbocycles. The molecular weight excluding hydrogens is 264 g/mol. The highest BCUT2D eigenvalue weighted by Crippen LogP contribution is 2.24. The maximum atomic E-state index is 6.00. The summed E-state index contributed by atoms with van der Waals surface area (Å²) in [6.45, 7) is 4.90. The fourth-order valence-corrected chi connectivity index (χ4v) is 2.10. The molecule has 2 rings (SSSR count). The summed E-state index contributed by atoms with van der Waals surface area (Å²) in [6.07, 6.45) is 3.59. The summed E-state index contributed by atoms with van der Waals surface area (Å²) in [5.41, 5.74) is 3.37. The van der Waals surface area contributed by atoms with Crippen LogP contribution in [0.2, 0.25) is 0 Å². The van der Waals surface area contributed by atoms with Gasteiger partial charge in [0, 0.05) is 43.7 Å². The van der Waals surface area contributed by atoms with Crippen molar-refractivity contribution in [3.8, 4) is 5.75 Å². The molecule has 1 aromatic heterocycles. The van der Waals surface area contributed by atoms with Gasteiger partial charge in [0.25, 0.3) is 0 Å². The first-order valence-corrected chi connectivity index (χ1v) is 7.11. The van der Waals surface area contributed by atoms with Crippen LogP contribution in [0.3, 0.4) is 0 Å². The van der Waals surface area contributed by atoms with E-state index in [2.05, 4.69) is 35.4 Å². The first-order valence-electron chi connectivity index (χ1n) is 7.11. The van der Waals surface area contributed by atoms with Crippen molar-refractivity contribution >= 4 is 0 Å². The van der Waals surface area contributed by atoms with Crippen LogP contribution in [0.1, 0.15) is 16.7 Å². The van der Waals surface area contributed by atoms with E-state index < -0.39 is 0 Å². The second-order valence-electron chi connectivity index (χ2n) is 4.88. The molecule has 112 valence electrons. The molecule has 4 nitrogen and oxygen atoms in total. The number of benzene rings is 1. The van der Waals surface area contributed by atoms with Crippen molar-refractivity contribution < 1.29 is 9.47 Å². The molecule has 0 aliphatic carbocycles. The molecule has 0 aliphatic heterocycles. The van der Waals surface area contributed by atoms with Gasteiger partial charge in [-0.3, -0.25) is 4.98 Å². The van der Waals surface area contributed by atoms with Gasteiger partial charge in [0.2, 0.25) is 0 Å². The summed E-state index contributed by atoms with van der Waals surface area (Å²) in [7, 11) is 1.71. The van der Waals surface area contributed by atoms with E-state index >= 15 is 0 Å². The van der Waals surface area contributed by atoms with Crippen LogP contribution in [-0.2, 0) is 17.9 Å². The van der Waals surface area contributed by atoms with Gasteiger partial charge >= 0.3 is 0 Å². The SMILES string of the molecule is COCCNCc1cccc(C)c1OCc1cccnc1. The minimum atomic E-state index is 0.532. The highest BCUT2D eigenvalue weighted by molar-refractivity contribution is 5.40. The highest BCUT2D eigenvalue weighted by Gasteiger charge is 2.07. The number of ether oxygens (including phenoxy) is 2. The second-order valence-corrected chi connectivity index (χ2v) is 4.88. The lowest BCUT2D eigenvalue weighted by Gasteiger charge is -2.14. The fourth-order valence-electron chi connectivity index (χ4n) is 2.10. The van der Waals surface area contributed by atoms with Crippen molar-refractivity contribution in [3.63, 3.8) is 0 Å². The molecule has 2 aromatic rings. The number of methoxy groups -OCH3 is 1. The van der Waals surface area contributed by atoms with Crippen molar-refractivity contribution in [2.45, 2.75) is 20.1 Å². The molecule has 0 amide bonds. The Morgan fingerprint density at radius 2 is 2.10 bits per heavy atom. The van der Waals surface area contributed by atoms with E-state index in [0.717, 1.165) is 35.5 Å². The zero-order chi connectivity index (χ0) is 14.9. The Bertz CT molecular complexity index is 544. The van der Waals surface area contributed by atoms with E-state index in [4.69, 9.17) is 9.47 Å². The molecule has 1 N–H and O–H groups in total. The molecule has 21 heavy (non-hydrogen) atoms. The molecule has 0 atom stereocenters. The van der Waals surface area contributed by atoms with Gasteiger partial charge in [0.1, 0.15) is 12.4 Å². The van der Waals surface area contributed by atoms with Crippen molar-refractivity contribution in [1.82, 2.24) is 10.3 Å². The first-order chi connectivity index (χ1) is 10.3. The Kier molecular flexibility index (Phi) is 6.19. The van der Waals surface area contributed by atoms with Gasteiger partial charge in [-0.1, -0.05) is 24.3 Å². The van der Waals surface area contributed by atoms with Crippen molar-refractivity contribution in [1.29, 1.82) is 0 Å². The summed E-state index contributed by atoms with van der Waals surface area (Å²) in [5.74, 6) is 0.950. The largest absolute Gasteiger partial charge is 0.488 e. The number of aromatic nitrogens is 1. The van der Waals surface area contributed by atoms with Crippen LogP contribution in [0.25, 0.3) is 0 Å². The number of rotatable bonds is 8. The van der Waals surface area contributed by atoms with Crippen LogP contribution in [-0.4, -0.2) is 25.2 Å². The molecule has 0 aliphatic rings. The third-order valence-corrected chi connectivity index (χ3v) is 3.20. The predicted molar refractivity (Wildman–Crippen MR) is 83.3 cm³/mol. The van der Waals surface area contributed by atoms with Crippen LogP contribution >= 0.6 is 0 Å². The van der Waals surface area contributed by atoms with E-state index in [1.807, 2.05) is 18.3 Å². The van der Waals surface area contributed by atoms with Gasteiger partial charge in [0.05, 0.1) is 6.61 Å². The molecule has 0 fully saturated rings. The smallest absolute Gasteiger partial charge is 0.127 e. The molecule has 4 heteroatoms. The van der Waals surface area contributed by atoms with E-state index in [0.29, 0.717) is 13.2 Å². The number of nitrogens with zero attached hydrogens (tertiary/aromatic N) is 1. The minimum Gasteiger partial charge on any atom is -0.488 e. The fraction of sp³-hybridized carbons (Fsp3) is 0.353. The van der Waals surface area contributed by atoms with Crippen LogP contribution in [0.15, 0.2) is 42.7 Å². The number of pyridine rings is 1. The highest BCUT2D eigenvalue weighted by atomic mass is 16.5. The maximum Gasteiger partial charge on any atom is 0.127 e. The van der Waals surface area contributed by atoms with Gasteiger partial charge < -0.3 is 14.8 Å². The minimum absolute atomic E-state index is 0.532. The topological polar surface area (TPSA) is 43.4 Å². The van der Waals surface area contributed by atoms with E-state index in [9.17, 15) is 0 Å². The van der Waals surface area contributed by atoms with Crippen LogP contribution in [0.4, 0.5) is 0 Å². The van der Waals surface area contributed by atoms with Gasteiger partial charge in [0.15, 0.2) is 0 Å².